The van der Waals surface area contributed by atoms with Crippen molar-refractivity contribution in [3.63, 3.8) is 0 Å². The highest BCUT2D eigenvalue weighted by Crippen LogP contribution is 2.28. The second-order valence-corrected chi connectivity index (χ2v) is 6.45. The lowest BCUT2D eigenvalue weighted by molar-refractivity contribution is -0.384. The van der Waals surface area contributed by atoms with Crippen LogP contribution in [0.2, 0.25) is 0 Å². The number of esters is 1. The average molecular weight is 410 g/mol. The van der Waals surface area contributed by atoms with Crippen LogP contribution >= 0.6 is 0 Å². The van der Waals surface area contributed by atoms with E-state index in [1.54, 1.807) is 19.1 Å². The molecule has 3 amide bonds. The molecule has 2 aromatic rings. The molecule has 1 heterocycles. The summed E-state index contributed by atoms with van der Waals surface area (Å²) in [4.78, 5) is 47.0. The molecule has 0 aromatic heterocycles. The van der Waals surface area contributed by atoms with Crippen molar-refractivity contribution >= 4 is 29.3 Å². The summed E-state index contributed by atoms with van der Waals surface area (Å²) in [7, 11) is 1.27. The molecule has 1 atom stereocenters. The zero-order chi connectivity index (χ0) is 21.8. The molecule has 0 unspecified atom stereocenters. The van der Waals surface area contributed by atoms with Crippen molar-refractivity contribution in [3.05, 3.63) is 81.0 Å². The van der Waals surface area contributed by atoms with Gasteiger partial charge in [0.15, 0.2) is 0 Å². The number of ether oxygens (including phenoxy) is 1. The molecule has 1 aliphatic heterocycles. The van der Waals surface area contributed by atoms with Crippen LogP contribution in [0.4, 0.5) is 16.2 Å². The zero-order valence-electron chi connectivity index (χ0n) is 16.1. The van der Waals surface area contributed by atoms with Crippen LogP contribution in [-0.4, -0.2) is 29.9 Å². The second kappa shape index (κ2) is 8.43. The second-order valence-electron chi connectivity index (χ2n) is 6.45. The van der Waals surface area contributed by atoms with Gasteiger partial charge >= 0.3 is 12.0 Å². The quantitative estimate of drug-likeness (QED) is 0.393. The molecule has 0 aliphatic carbocycles. The average Bonchev–Trinajstić information content (AvgIpc) is 2.72. The molecule has 154 valence electrons. The van der Waals surface area contributed by atoms with Crippen LogP contribution in [0.3, 0.4) is 0 Å². The number of hydrogen-bond donors (Lipinski definition) is 3. The highest BCUT2D eigenvalue weighted by atomic mass is 16.6. The van der Waals surface area contributed by atoms with E-state index in [0.717, 1.165) is 0 Å². The normalized spacial score (nSPS) is 15.7. The van der Waals surface area contributed by atoms with Gasteiger partial charge in [0.05, 0.1) is 29.2 Å². The van der Waals surface area contributed by atoms with E-state index in [1.807, 2.05) is 0 Å². The van der Waals surface area contributed by atoms with E-state index in [1.165, 1.54) is 43.5 Å². The Hall–Kier alpha value is -4.21. The van der Waals surface area contributed by atoms with Gasteiger partial charge in [-0.3, -0.25) is 14.9 Å². The summed E-state index contributed by atoms with van der Waals surface area (Å²) in [5.74, 6) is -1.05. The van der Waals surface area contributed by atoms with Crippen molar-refractivity contribution in [1.29, 1.82) is 0 Å². The molecule has 10 nitrogen and oxygen atoms in total. The first kappa shape index (κ1) is 20.5. The predicted molar refractivity (Wildman–Crippen MR) is 107 cm³/mol. The monoisotopic (exact) mass is 410 g/mol. The fourth-order valence-electron chi connectivity index (χ4n) is 3.07. The van der Waals surface area contributed by atoms with Crippen molar-refractivity contribution in [2.24, 2.45) is 0 Å². The van der Waals surface area contributed by atoms with Gasteiger partial charge in [0, 0.05) is 23.5 Å². The number of methoxy groups -OCH3 is 1. The number of hydrogen-bond acceptors (Lipinski definition) is 6. The highest BCUT2D eigenvalue weighted by Gasteiger charge is 2.31. The Morgan fingerprint density at radius 1 is 1.17 bits per heavy atom. The molecule has 30 heavy (non-hydrogen) atoms. The van der Waals surface area contributed by atoms with Gasteiger partial charge in [-0.15, -0.1) is 0 Å². The lowest BCUT2D eigenvalue weighted by Crippen LogP contribution is -2.46. The maximum atomic E-state index is 13.0. The Kier molecular flexibility index (Phi) is 5.77. The lowest BCUT2D eigenvalue weighted by atomic mass is 9.94. The molecular formula is C20H18N4O6. The number of urea groups is 1. The molecule has 2 aromatic carbocycles. The first-order chi connectivity index (χ1) is 14.3. The maximum absolute atomic E-state index is 13.0. The third-order valence-electron chi connectivity index (χ3n) is 4.49. The van der Waals surface area contributed by atoms with Crippen molar-refractivity contribution in [2.45, 2.75) is 13.0 Å². The number of nitro benzene ring substituents is 1. The van der Waals surface area contributed by atoms with Gasteiger partial charge in [-0.1, -0.05) is 18.2 Å². The number of benzene rings is 2. The number of allylic oxidation sites excluding steroid dienone is 1. The molecule has 0 radical (unpaired) electrons. The van der Waals surface area contributed by atoms with Gasteiger partial charge < -0.3 is 20.7 Å². The molecule has 0 bridgehead atoms. The van der Waals surface area contributed by atoms with E-state index < -0.39 is 28.9 Å². The van der Waals surface area contributed by atoms with Crippen molar-refractivity contribution in [1.82, 2.24) is 10.6 Å². The van der Waals surface area contributed by atoms with Crippen LogP contribution < -0.4 is 16.0 Å². The Labute approximate surface area is 171 Å². The number of carbonyl (C=O) groups excluding carboxylic acids is 3. The Bertz CT molecular complexity index is 1060. The fourth-order valence-corrected chi connectivity index (χ4v) is 3.07. The summed E-state index contributed by atoms with van der Waals surface area (Å²) in [6.45, 7) is 1.58. The molecule has 3 rings (SSSR count). The first-order valence-electron chi connectivity index (χ1n) is 8.82. The number of anilines is 1. The summed E-state index contributed by atoms with van der Waals surface area (Å²) < 4.78 is 4.67. The van der Waals surface area contributed by atoms with Crippen molar-refractivity contribution < 1.29 is 24.0 Å². The third kappa shape index (κ3) is 4.27. The number of nitro groups is 1. The van der Waals surface area contributed by atoms with Crippen LogP contribution in [-0.2, 0) is 9.53 Å². The number of carbonyl (C=O) groups is 3. The smallest absolute Gasteiger partial charge is 0.337 e. The van der Waals surface area contributed by atoms with E-state index in [2.05, 4.69) is 20.7 Å². The molecule has 0 spiro atoms. The van der Waals surface area contributed by atoms with Crippen LogP contribution in [0, 0.1) is 10.1 Å². The lowest BCUT2D eigenvalue weighted by Gasteiger charge is -2.28. The summed E-state index contributed by atoms with van der Waals surface area (Å²) in [6, 6.07) is 10.5. The first-order valence-corrected chi connectivity index (χ1v) is 8.82. The molecule has 0 saturated carbocycles. The topological polar surface area (TPSA) is 140 Å². The number of nitrogens with zero attached hydrogens (tertiary/aromatic N) is 1. The van der Waals surface area contributed by atoms with E-state index in [4.69, 9.17) is 0 Å². The van der Waals surface area contributed by atoms with Crippen molar-refractivity contribution in [2.75, 3.05) is 12.4 Å². The van der Waals surface area contributed by atoms with E-state index in [0.29, 0.717) is 16.8 Å². The minimum absolute atomic E-state index is 0.163. The van der Waals surface area contributed by atoms with Gasteiger partial charge in [0.2, 0.25) is 0 Å². The summed E-state index contributed by atoms with van der Waals surface area (Å²) in [5, 5.41) is 18.8. The van der Waals surface area contributed by atoms with Gasteiger partial charge in [0.25, 0.3) is 11.6 Å². The van der Waals surface area contributed by atoms with Crippen molar-refractivity contribution in [3.8, 4) is 0 Å². The van der Waals surface area contributed by atoms with Gasteiger partial charge in [-0.25, -0.2) is 9.59 Å². The van der Waals surface area contributed by atoms with Crippen LogP contribution in [0.1, 0.15) is 28.9 Å². The molecule has 10 heteroatoms. The van der Waals surface area contributed by atoms with Gasteiger partial charge in [-0.05, 0) is 30.7 Å². The largest absolute Gasteiger partial charge is 0.465 e. The predicted octanol–water partition coefficient (Wildman–Crippen LogP) is 2.65. The Balaban J connectivity index is 1.91. The Morgan fingerprint density at radius 3 is 2.50 bits per heavy atom. The molecule has 0 saturated heterocycles. The highest BCUT2D eigenvalue weighted by molar-refractivity contribution is 6.07. The van der Waals surface area contributed by atoms with E-state index in [9.17, 15) is 24.5 Å². The SMILES string of the molecule is COC(=O)c1ccc([C@@H]2NC(=O)NC(C)=C2C(=O)Nc2cccc([N+](=O)[O-])c2)cc1. The third-order valence-corrected chi connectivity index (χ3v) is 4.49. The van der Waals surface area contributed by atoms with Gasteiger partial charge in [-0.2, -0.15) is 0 Å². The van der Waals surface area contributed by atoms with Crippen LogP contribution in [0.25, 0.3) is 0 Å². The summed E-state index contributed by atoms with van der Waals surface area (Å²) in [5.41, 5.74) is 1.54. The number of nitrogens with one attached hydrogen (secondary N) is 3. The zero-order valence-corrected chi connectivity index (χ0v) is 16.1. The molecule has 3 N–H and O–H groups in total. The van der Waals surface area contributed by atoms with E-state index >= 15 is 0 Å². The number of amides is 3. The number of rotatable bonds is 5. The number of non-ortho nitro benzene ring substituents is 1. The fraction of sp³-hybridized carbons (Fsp3) is 0.150. The van der Waals surface area contributed by atoms with E-state index in [-0.39, 0.29) is 16.9 Å². The Morgan fingerprint density at radius 2 is 1.87 bits per heavy atom. The molecular weight excluding hydrogens is 392 g/mol. The van der Waals surface area contributed by atoms with Gasteiger partial charge in [0.1, 0.15) is 0 Å². The van der Waals surface area contributed by atoms with Crippen LogP contribution in [0.15, 0.2) is 59.8 Å². The molecule has 0 fully saturated rings. The minimum atomic E-state index is -0.788. The standard InChI is InChI=1S/C20H18N4O6/c1-11-16(18(25)22-14-4-3-5-15(10-14)24(28)29)17(23-20(27)21-11)12-6-8-13(9-7-12)19(26)30-2/h3-10,17H,1-2H3,(H,22,25)(H2,21,23,27)/t17-/m0/s1. The minimum Gasteiger partial charge on any atom is -0.465 e. The summed E-state index contributed by atoms with van der Waals surface area (Å²) in [6.07, 6.45) is 0. The molecule has 1 aliphatic rings. The maximum Gasteiger partial charge on any atom is 0.337 e. The van der Waals surface area contributed by atoms with Crippen LogP contribution in [0.5, 0.6) is 0 Å². The summed E-state index contributed by atoms with van der Waals surface area (Å²) >= 11 is 0.